The second-order valence-electron chi connectivity index (χ2n) is 4.07. The molecule has 0 spiro atoms. The Morgan fingerprint density at radius 1 is 1.36 bits per heavy atom. The predicted molar refractivity (Wildman–Crippen MR) is 60.9 cm³/mol. The van der Waals surface area contributed by atoms with Crippen molar-refractivity contribution in [2.75, 3.05) is 5.01 Å². The van der Waals surface area contributed by atoms with E-state index in [0.717, 1.165) is 12.1 Å². The van der Waals surface area contributed by atoms with E-state index in [9.17, 15) is 0 Å². The number of hydrogen-bond acceptors (Lipinski definition) is 2. The van der Waals surface area contributed by atoms with Crippen LogP contribution in [0.3, 0.4) is 0 Å². The number of hydrogen-bond donors (Lipinski definition) is 0. The number of rotatable bonds is 1. The molecule has 0 amide bonds. The van der Waals surface area contributed by atoms with E-state index in [2.05, 4.69) is 41.3 Å². The molecule has 0 aromatic heterocycles. The van der Waals surface area contributed by atoms with E-state index in [1.54, 1.807) is 0 Å². The number of nitrogens with zero attached hydrogens (tertiary/aromatic N) is 2. The largest absolute Gasteiger partial charge is 0.262 e. The molecule has 2 heteroatoms. The van der Waals surface area contributed by atoms with Gasteiger partial charge in [-0.3, -0.25) is 5.01 Å². The molecule has 1 aliphatic heterocycles. The van der Waals surface area contributed by atoms with Crippen molar-refractivity contribution in [2.45, 2.75) is 33.2 Å². The summed E-state index contributed by atoms with van der Waals surface area (Å²) < 4.78 is 0. The van der Waals surface area contributed by atoms with Crippen molar-refractivity contribution in [3.05, 3.63) is 29.8 Å². The highest BCUT2D eigenvalue weighted by Gasteiger charge is 2.24. The summed E-state index contributed by atoms with van der Waals surface area (Å²) in [6.45, 7) is 6.29. The van der Waals surface area contributed by atoms with Crippen molar-refractivity contribution in [3.63, 3.8) is 0 Å². The van der Waals surface area contributed by atoms with Crippen LogP contribution in [-0.4, -0.2) is 11.8 Å². The van der Waals surface area contributed by atoms with E-state index in [1.807, 2.05) is 13.8 Å². The Morgan fingerprint density at radius 3 is 2.79 bits per heavy atom. The monoisotopic (exact) mass is 188 g/mol. The maximum Gasteiger partial charge on any atom is 0.0629 e. The third-order valence-corrected chi connectivity index (χ3v) is 2.48. The van der Waals surface area contributed by atoms with Gasteiger partial charge in [-0.2, -0.15) is 5.10 Å². The first-order chi connectivity index (χ1) is 6.68. The molecule has 2 rings (SSSR count). The zero-order valence-electron chi connectivity index (χ0n) is 8.99. The maximum atomic E-state index is 4.55. The molecule has 2 nitrogen and oxygen atoms in total. The molecular weight excluding hydrogens is 172 g/mol. The quantitative estimate of drug-likeness (QED) is 0.619. The maximum absolute atomic E-state index is 4.55. The molecule has 1 aromatic carbocycles. The Kier molecular flexibility index (Phi) is 2.28. The first-order valence-corrected chi connectivity index (χ1v) is 5.07. The van der Waals surface area contributed by atoms with Gasteiger partial charge in [-0.25, -0.2) is 0 Å². The van der Waals surface area contributed by atoms with Crippen molar-refractivity contribution < 1.29 is 0 Å². The summed E-state index contributed by atoms with van der Waals surface area (Å²) in [6.07, 6.45) is 1.10. The number of benzene rings is 1. The Morgan fingerprint density at radius 2 is 2.07 bits per heavy atom. The molecule has 0 bridgehead atoms. The Labute approximate surface area is 85.2 Å². The van der Waals surface area contributed by atoms with Crippen molar-refractivity contribution in [1.29, 1.82) is 0 Å². The molecule has 1 atom stereocenters. The van der Waals surface area contributed by atoms with Gasteiger partial charge in [0.15, 0.2) is 0 Å². The Balaban J connectivity index is 2.39. The summed E-state index contributed by atoms with van der Waals surface area (Å²) in [6, 6.07) is 8.99. The fourth-order valence-corrected chi connectivity index (χ4v) is 1.92. The van der Waals surface area contributed by atoms with Crippen LogP contribution in [0.1, 0.15) is 26.3 Å². The van der Waals surface area contributed by atoms with Crippen LogP contribution in [0.5, 0.6) is 0 Å². The smallest absolute Gasteiger partial charge is 0.0629 e. The standard InChI is InChI=1S/C12H16N2/c1-9(2)13-14-10(3)8-11-6-4-5-7-12(11)14/h4-7,10H,8H2,1-3H3. The van der Waals surface area contributed by atoms with Gasteiger partial charge in [0.25, 0.3) is 0 Å². The molecule has 0 radical (unpaired) electrons. The van der Waals surface area contributed by atoms with Crippen LogP contribution in [0.2, 0.25) is 0 Å². The normalized spacial score (nSPS) is 19.4. The van der Waals surface area contributed by atoms with Gasteiger partial charge in [0.1, 0.15) is 0 Å². The van der Waals surface area contributed by atoms with Crippen LogP contribution in [-0.2, 0) is 6.42 Å². The molecule has 1 unspecified atom stereocenters. The molecule has 1 aromatic rings. The van der Waals surface area contributed by atoms with Crippen LogP contribution in [0.15, 0.2) is 29.4 Å². The highest BCUT2D eigenvalue weighted by molar-refractivity contribution is 5.80. The third kappa shape index (κ3) is 1.52. The molecule has 0 aliphatic carbocycles. The summed E-state index contributed by atoms with van der Waals surface area (Å²) >= 11 is 0. The van der Waals surface area contributed by atoms with Gasteiger partial charge in [0.2, 0.25) is 0 Å². The Bertz CT molecular complexity index is 364. The Hall–Kier alpha value is -1.31. The minimum absolute atomic E-state index is 0.488. The average molecular weight is 188 g/mol. The van der Waals surface area contributed by atoms with Crippen LogP contribution in [0.25, 0.3) is 0 Å². The van der Waals surface area contributed by atoms with E-state index in [4.69, 9.17) is 0 Å². The first kappa shape index (κ1) is 9.25. The minimum atomic E-state index is 0.488. The molecule has 0 fully saturated rings. The molecule has 14 heavy (non-hydrogen) atoms. The van der Waals surface area contributed by atoms with Crippen LogP contribution in [0, 0.1) is 0 Å². The fraction of sp³-hybridized carbons (Fsp3) is 0.417. The lowest BCUT2D eigenvalue weighted by atomic mass is 10.1. The topological polar surface area (TPSA) is 15.6 Å². The van der Waals surface area contributed by atoms with Crippen molar-refractivity contribution in [1.82, 2.24) is 0 Å². The van der Waals surface area contributed by atoms with Gasteiger partial charge in [-0.1, -0.05) is 18.2 Å². The number of anilines is 1. The van der Waals surface area contributed by atoms with E-state index in [0.29, 0.717) is 6.04 Å². The lowest BCUT2D eigenvalue weighted by molar-refractivity contribution is 0.698. The second kappa shape index (κ2) is 3.45. The van der Waals surface area contributed by atoms with Gasteiger partial charge in [-0.15, -0.1) is 0 Å². The van der Waals surface area contributed by atoms with Crippen LogP contribution >= 0.6 is 0 Å². The van der Waals surface area contributed by atoms with E-state index >= 15 is 0 Å². The summed E-state index contributed by atoms with van der Waals surface area (Å²) in [4.78, 5) is 0. The van der Waals surface area contributed by atoms with Gasteiger partial charge >= 0.3 is 0 Å². The average Bonchev–Trinajstić information content (AvgIpc) is 2.43. The highest BCUT2D eigenvalue weighted by Crippen LogP contribution is 2.31. The van der Waals surface area contributed by atoms with Crippen LogP contribution in [0.4, 0.5) is 5.69 Å². The number of hydrazone groups is 1. The zero-order valence-corrected chi connectivity index (χ0v) is 8.99. The van der Waals surface area contributed by atoms with Gasteiger partial charge in [0.05, 0.1) is 11.7 Å². The lowest BCUT2D eigenvalue weighted by Crippen LogP contribution is -2.24. The molecule has 1 heterocycles. The molecule has 0 saturated carbocycles. The summed E-state index contributed by atoms with van der Waals surface area (Å²) in [5.74, 6) is 0. The van der Waals surface area contributed by atoms with Gasteiger partial charge in [-0.05, 0) is 38.8 Å². The van der Waals surface area contributed by atoms with Crippen molar-refractivity contribution in [2.24, 2.45) is 5.10 Å². The predicted octanol–water partition coefficient (Wildman–Crippen LogP) is 2.83. The number of para-hydroxylation sites is 1. The molecule has 0 saturated heterocycles. The van der Waals surface area contributed by atoms with Gasteiger partial charge < -0.3 is 0 Å². The first-order valence-electron chi connectivity index (χ1n) is 5.07. The summed E-state index contributed by atoms with van der Waals surface area (Å²) in [5, 5.41) is 6.68. The van der Waals surface area contributed by atoms with Gasteiger partial charge in [0, 0.05) is 5.71 Å². The van der Waals surface area contributed by atoms with E-state index in [1.165, 1.54) is 11.3 Å². The van der Waals surface area contributed by atoms with E-state index < -0.39 is 0 Å². The third-order valence-electron chi connectivity index (χ3n) is 2.48. The SMILES string of the molecule is CC(C)=NN1c2ccccc2CC1C. The van der Waals surface area contributed by atoms with Crippen molar-refractivity contribution >= 4 is 11.4 Å². The minimum Gasteiger partial charge on any atom is -0.262 e. The fourth-order valence-electron chi connectivity index (χ4n) is 1.92. The van der Waals surface area contributed by atoms with Crippen LogP contribution < -0.4 is 5.01 Å². The number of fused-ring (bicyclic) bond motifs is 1. The summed E-state index contributed by atoms with van der Waals surface area (Å²) in [7, 11) is 0. The second-order valence-corrected chi connectivity index (χ2v) is 4.07. The summed E-state index contributed by atoms with van der Waals surface area (Å²) in [5.41, 5.74) is 3.78. The molecule has 74 valence electrons. The lowest BCUT2D eigenvalue weighted by Gasteiger charge is -2.19. The molecule has 0 N–H and O–H groups in total. The molecular formula is C12H16N2. The zero-order chi connectivity index (χ0) is 10.1. The van der Waals surface area contributed by atoms with E-state index in [-0.39, 0.29) is 0 Å². The highest BCUT2D eigenvalue weighted by atomic mass is 15.5. The van der Waals surface area contributed by atoms with Crippen molar-refractivity contribution in [3.8, 4) is 0 Å². The molecule has 1 aliphatic rings.